The molecule has 1 aromatic carbocycles. The first-order valence-corrected chi connectivity index (χ1v) is 5.72. The van der Waals surface area contributed by atoms with E-state index >= 15 is 0 Å². The second kappa shape index (κ2) is 4.34. The number of hydroxylamine groups is 1. The van der Waals surface area contributed by atoms with Crippen molar-refractivity contribution in [2.75, 3.05) is 13.2 Å². The van der Waals surface area contributed by atoms with Crippen LogP contribution in [0.3, 0.4) is 0 Å². The molecule has 0 saturated carbocycles. The Bertz CT molecular complexity index is 548. The van der Waals surface area contributed by atoms with Crippen LogP contribution < -0.4 is 5.48 Å². The Morgan fingerprint density at radius 3 is 2.63 bits per heavy atom. The quantitative estimate of drug-likeness (QED) is 0.847. The summed E-state index contributed by atoms with van der Waals surface area (Å²) in [5.74, 6) is 1.24. The molecule has 1 atom stereocenters. The lowest BCUT2D eigenvalue weighted by Gasteiger charge is -2.13. The summed E-state index contributed by atoms with van der Waals surface area (Å²) < 4.78 is 37.4. The Morgan fingerprint density at radius 2 is 1.95 bits per heavy atom. The van der Waals surface area contributed by atoms with Crippen LogP contribution in [0.2, 0.25) is 0 Å². The molecule has 0 bridgehead atoms. The predicted octanol–water partition coefficient (Wildman–Crippen LogP) is 2.02. The van der Waals surface area contributed by atoms with Gasteiger partial charge in [-0.3, -0.25) is 15.3 Å². The van der Waals surface area contributed by atoms with Crippen molar-refractivity contribution in [2.24, 2.45) is 15.9 Å². The maximum absolute atomic E-state index is 12.5. The average molecular weight is 269 g/mol. The molecule has 7 heteroatoms. The molecule has 1 unspecified atom stereocenters. The Labute approximate surface area is 107 Å². The van der Waals surface area contributed by atoms with Crippen LogP contribution in [-0.4, -0.2) is 24.8 Å². The van der Waals surface area contributed by atoms with Crippen molar-refractivity contribution < 1.29 is 18.0 Å². The van der Waals surface area contributed by atoms with Crippen LogP contribution in [-0.2, 0) is 11.0 Å². The summed E-state index contributed by atoms with van der Waals surface area (Å²) in [4.78, 5) is 13.6. The normalized spacial score (nSPS) is 22.4. The Kier molecular flexibility index (Phi) is 2.78. The predicted molar refractivity (Wildman–Crippen MR) is 62.9 cm³/mol. The molecular weight excluding hydrogens is 259 g/mol. The van der Waals surface area contributed by atoms with Gasteiger partial charge in [0.15, 0.2) is 5.84 Å². The molecule has 2 aliphatic rings. The highest BCUT2D eigenvalue weighted by Gasteiger charge is 2.31. The number of alkyl halides is 3. The van der Waals surface area contributed by atoms with Gasteiger partial charge in [-0.2, -0.15) is 13.2 Å². The topological polar surface area (TPSA) is 46.0 Å². The van der Waals surface area contributed by atoms with Crippen LogP contribution >= 0.6 is 0 Å². The summed E-state index contributed by atoms with van der Waals surface area (Å²) >= 11 is 0. The zero-order valence-electron chi connectivity index (χ0n) is 9.74. The fraction of sp³-hybridized carbons (Fsp3) is 0.333. The summed E-state index contributed by atoms with van der Waals surface area (Å²) in [6, 6.07) is 4.81. The van der Waals surface area contributed by atoms with Crippen LogP contribution in [0.25, 0.3) is 0 Å². The lowest BCUT2D eigenvalue weighted by molar-refractivity contribution is -0.137. The van der Waals surface area contributed by atoms with Gasteiger partial charge in [-0.25, -0.2) is 4.99 Å². The minimum absolute atomic E-state index is 0.123. The fourth-order valence-corrected chi connectivity index (χ4v) is 1.94. The van der Waals surface area contributed by atoms with Gasteiger partial charge in [-0.1, -0.05) is 12.1 Å². The zero-order valence-corrected chi connectivity index (χ0v) is 9.74. The third-order valence-electron chi connectivity index (χ3n) is 3.01. The molecule has 19 heavy (non-hydrogen) atoms. The molecule has 0 aliphatic carbocycles. The van der Waals surface area contributed by atoms with Crippen molar-refractivity contribution in [2.45, 2.75) is 6.18 Å². The molecule has 2 heterocycles. The number of nitrogens with one attached hydrogen (secondary N) is 1. The second-order valence-corrected chi connectivity index (χ2v) is 4.35. The van der Waals surface area contributed by atoms with Crippen molar-refractivity contribution in [3.8, 4) is 0 Å². The minimum Gasteiger partial charge on any atom is -0.274 e. The second-order valence-electron chi connectivity index (χ2n) is 4.35. The number of rotatable bonds is 1. The summed E-state index contributed by atoms with van der Waals surface area (Å²) in [6.45, 7) is 1.05. The first-order valence-electron chi connectivity index (χ1n) is 5.72. The zero-order chi connectivity index (χ0) is 13.5. The van der Waals surface area contributed by atoms with Crippen LogP contribution in [0.1, 0.15) is 11.1 Å². The number of amidine groups is 2. The van der Waals surface area contributed by atoms with E-state index in [9.17, 15) is 13.2 Å². The molecule has 1 aromatic rings. The Hall–Kier alpha value is -1.89. The summed E-state index contributed by atoms with van der Waals surface area (Å²) in [7, 11) is 0. The molecule has 1 N–H and O–H groups in total. The highest BCUT2D eigenvalue weighted by molar-refractivity contribution is 6.08. The van der Waals surface area contributed by atoms with E-state index in [4.69, 9.17) is 4.84 Å². The minimum atomic E-state index is -4.33. The van der Waals surface area contributed by atoms with Gasteiger partial charge in [0.1, 0.15) is 5.84 Å². The number of nitrogens with zero attached hydrogens (tertiary/aromatic N) is 2. The molecule has 0 aromatic heterocycles. The highest BCUT2D eigenvalue weighted by atomic mass is 19.4. The molecule has 0 spiro atoms. The van der Waals surface area contributed by atoms with E-state index in [0.29, 0.717) is 30.4 Å². The van der Waals surface area contributed by atoms with Gasteiger partial charge >= 0.3 is 6.18 Å². The molecule has 1 fully saturated rings. The van der Waals surface area contributed by atoms with Crippen molar-refractivity contribution in [3.63, 3.8) is 0 Å². The molecule has 100 valence electrons. The van der Waals surface area contributed by atoms with E-state index in [1.807, 2.05) is 0 Å². The first-order chi connectivity index (χ1) is 9.04. The van der Waals surface area contributed by atoms with Crippen molar-refractivity contribution in [1.82, 2.24) is 5.48 Å². The maximum Gasteiger partial charge on any atom is 0.416 e. The van der Waals surface area contributed by atoms with Crippen LogP contribution in [0.4, 0.5) is 13.2 Å². The standard InChI is InChI=1S/C12H10F3N3O/c13-12(14,15)9-3-1-7(2-4-9)10-16-5-8-6-19-18-11(8)17-10/h1-4,8H,5-6H2,(H,16,17,18). The third kappa shape index (κ3) is 2.33. The molecule has 1 saturated heterocycles. The monoisotopic (exact) mass is 269 g/mol. The Balaban J connectivity index is 1.86. The largest absolute Gasteiger partial charge is 0.416 e. The number of fused-ring (bicyclic) bond motifs is 1. The molecule has 0 amide bonds. The van der Waals surface area contributed by atoms with Gasteiger partial charge in [0.25, 0.3) is 0 Å². The highest BCUT2D eigenvalue weighted by Crippen LogP contribution is 2.29. The van der Waals surface area contributed by atoms with Crippen LogP contribution in [0, 0.1) is 5.92 Å². The van der Waals surface area contributed by atoms with Crippen molar-refractivity contribution in [3.05, 3.63) is 35.4 Å². The molecule has 2 aliphatic heterocycles. The van der Waals surface area contributed by atoms with Crippen LogP contribution in [0.5, 0.6) is 0 Å². The third-order valence-corrected chi connectivity index (χ3v) is 3.01. The maximum atomic E-state index is 12.5. The van der Waals surface area contributed by atoms with Gasteiger partial charge < -0.3 is 0 Å². The number of hydrogen-bond acceptors (Lipinski definition) is 4. The smallest absolute Gasteiger partial charge is 0.274 e. The van der Waals surface area contributed by atoms with Gasteiger partial charge in [0, 0.05) is 5.56 Å². The van der Waals surface area contributed by atoms with Gasteiger partial charge in [-0.15, -0.1) is 0 Å². The van der Waals surface area contributed by atoms with Crippen LogP contribution in [0.15, 0.2) is 34.3 Å². The van der Waals surface area contributed by atoms with Gasteiger partial charge in [-0.05, 0) is 12.1 Å². The van der Waals surface area contributed by atoms with E-state index in [1.165, 1.54) is 12.1 Å². The SMILES string of the molecule is FC(F)(F)c1ccc(C2=NCC3CONC3=N2)cc1. The van der Waals surface area contributed by atoms with E-state index in [-0.39, 0.29) is 5.92 Å². The van der Waals surface area contributed by atoms with E-state index in [1.54, 1.807) is 0 Å². The van der Waals surface area contributed by atoms with E-state index < -0.39 is 11.7 Å². The first kappa shape index (κ1) is 12.2. The molecule has 3 rings (SSSR count). The molecular formula is C12H10F3N3O. The lowest BCUT2D eigenvalue weighted by atomic mass is 10.1. The number of halogens is 3. The average Bonchev–Trinajstić information content (AvgIpc) is 2.85. The van der Waals surface area contributed by atoms with Crippen molar-refractivity contribution >= 4 is 11.7 Å². The number of benzene rings is 1. The summed E-state index contributed by atoms with van der Waals surface area (Å²) in [6.07, 6.45) is -4.33. The van der Waals surface area contributed by atoms with Gasteiger partial charge in [0.2, 0.25) is 0 Å². The molecule has 4 nitrogen and oxygen atoms in total. The lowest BCUT2D eigenvalue weighted by Crippen LogP contribution is -2.27. The molecule has 0 radical (unpaired) electrons. The van der Waals surface area contributed by atoms with E-state index in [0.717, 1.165) is 12.1 Å². The Morgan fingerprint density at radius 1 is 1.21 bits per heavy atom. The number of hydrogen-bond donors (Lipinski definition) is 1. The fourth-order valence-electron chi connectivity index (χ4n) is 1.94. The summed E-state index contributed by atoms with van der Waals surface area (Å²) in [5, 5.41) is 0. The number of aliphatic imine (C=N–C) groups is 2. The van der Waals surface area contributed by atoms with Gasteiger partial charge in [0.05, 0.1) is 24.6 Å². The van der Waals surface area contributed by atoms with E-state index in [2.05, 4.69) is 15.5 Å². The summed E-state index contributed by atoms with van der Waals surface area (Å²) in [5.41, 5.74) is 2.57. The van der Waals surface area contributed by atoms with Crippen molar-refractivity contribution in [1.29, 1.82) is 0 Å².